The average molecular weight is 1130 g/mol. The number of benzene rings is 2. The van der Waals surface area contributed by atoms with E-state index in [0.717, 1.165) is 20.8 Å². The minimum atomic E-state index is -0.865. The zero-order chi connectivity index (χ0) is 35.0. The van der Waals surface area contributed by atoms with Crippen LogP contribution in [0.4, 0.5) is 0 Å². The van der Waals surface area contributed by atoms with Crippen LogP contribution in [0.1, 0.15) is 60.9 Å². The van der Waals surface area contributed by atoms with Crippen LogP contribution in [0.3, 0.4) is 0 Å². The number of rotatable bonds is 5. The zero-order valence-electron chi connectivity index (χ0n) is 25.9. The number of ketones is 2. The molecule has 2 rings (SSSR count). The number of carbonyl (C=O) groups is 6. The minimum Gasteiger partial charge on any atom is -0.693 e. The maximum atomic E-state index is 10.9. The molecule has 0 aliphatic heterocycles. The van der Waals surface area contributed by atoms with Crippen molar-refractivity contribution < 1.29 is 92.4 Å². The molecule has 0 amide bonds. The quantitative estimate of drug-likeness (QED) is 0.162. The van der Waals surface area contributed by atoms with E-state index in [1.54, 1.807) is 54.8 Å². The fourth-order valence-electron chi connectivity index (χ4n) is 1.84. The first-order valence-electron chi connectivity index (χ1n) is 10.6. The Bertz CT molecular complexity index is 1110. The second-order valence-corrected chi connectivity index (χ2v) is 13.3. The minimum absolute atomic E-state index is 0. The number of carboxylic acid groups (broad SMARTS) is 4. The van der Waals surface area contributed by atoms with Gasteiger partial charge in [-0.25, -0.2) is 0 Å². The molecule has 0 bridgehead atoms. The molecule has 0 radical (unpaired) electrons. The summed E-state index contributed by atoms with van der Waals surface area (Å²) in [5.41, 5.74) is 1.92. The molecular weight excluding hydrogens is 1090 g/mol. The molecular formula is C25H39Cl4N5O12Pt2. The standard InChI is InChI=1S/C10H10O3.C9H7NO2.3C2H4O2.4ClH.4H2N.H2O.2Pt/c1-7(11)9-4-2-8(3-5-9)6-10(12)13;1-7(11)8-2-4-9(5-3-8)12-6-10;3*1-2(3)4;;;;;;;;;;;/h2-5H,6H2,1H3,(H,12,13);2-5H,1H3;3*1H3,(H,3,4);4*1H;5*1H2;;/q;;;;;;;;;4*-1;;2*+4/p-4. The number of nitrogens with zero attached hydrogens (tertiary/aromatic N) is 1. The van der Waals surface area contributed by atoms with E-state index < -0.39 is 56.8 Å². The van der Waals surface area contributed by atoms with Gasteiger partial charge in [0.1, 0.15) is 5.75 Å². The Morgan fingerprint density at radius 2 is 0.854 bits per heavy atom. The van der Waals surface area contributed by atoms with Gasteiger partial charge >= 0.3 is 76.6 Å². The predicted molar refractivity (Wildman–Crippen MR) is 179 cm³/mol. The van der Waals surface area contributed by atoms with Gasteiger partial charge in [0.15, 0.2) is 11.6 Å². The molecule has 0 saturated heterocycles. The van der Waals surface area contributed by atoms with E-state index in [2.05, 4.69) is 4.74 Å². The SMILES string of the molecule is CC(=O)O.CC(=O)O.CC(=O)O.CC(=O)c1ccc(CC(=O)O)cc1.CC(=O)c1ccc(OC#N)cc1.O.[Cl][Pt+2][Cl].[Cl][Pt+2][Cl].[NH2-].[NH2-].[NH2-].[NH2-]. The molecule has 2 aromatic carbocycles. The molecule has 0 unspecified atom stereocenters. The van der Waals surface area contributed by atoms with E-state index >= 15 is 0 Å². The van der Waals surface area contributed by atoms with Gasteiger partial charge < -0.3 is 55.2 Å². The molecule has 0 fully saturated rings. The Morgan fingerprint density at radius 3 is 1.04 bits per heavy atom. The molecule has 0 heterocycles. The van der Waals surface area contributed by atoms with Crippen LogP contribution in [0.15, 0.2) is 48.5 Å². The van der Waals surface area contributed by atoms with Crippen molar-refractivity contribution in [3.8, 4) is 12.0 Å². The molecule has 0 aromatic heterocycles. The van der Waals surface area contributed by atoms with Gasteiger partial charge in [-0.3, -0.25) is 28.8 Å². The van der Waals surface area contributed by atoms with Crippen LogP contribution in [-0.4, -0.2) is 61.3 Å². The summed E-state index contributed by atoms with van der Waals surface area (Å²) < 4.78 is 4.53. The Morgan fingerprint density at radius 1 is 0.625 bits per heavy atom. The van der Waals surface area contributed by atoms with Gasteiger partial charge in [0.2, 0.25) is 0 Å². The first-order chi connectivity index (χ1) is 19.9. The Balaban J connectivity index is -0.0000000474. The van der Waals surface area contributed by atoms with Gasteiger partial charge in [0, 0.05) is 31.9 Å². The summed E-state index contributed by atoms with van der Waals surface area (Å²) in [6.45, 7) is 6.21. The molecule has 0 aliphatic carbocycles. The third-order valence-corrected chi connectivity index (χ3v) is 3.14. The number of hydrogen-bond donors (Lipinski definition) is 4. The number of halogens is 4. The van der Waals surface area contributed by atoms with Crippen molar-refractivity contribution in [1.82, 2.24) is 0 Å². The number of ether oxygens (including phenoxy) is 1. The summed E-state index contributed by atoms with van der Waals surface area (Å²) in [5, 5.41) is 38.9. The largest absolute Gasteiger partial charge is 0.693 e. The smallest absolute Gasteiger partial charge is 0.693 e. The van der Waals surface area contributed by atoms with Crippen molar-refractivity contribution in [2.75, 3.05) is 0 Å². The second kappa shape index (κ2) is 51.1. The Labute approximate surface area is 311 Å². The molecule has 48 heavy (non-hydrogen) atoms. The average Bonchev–Trinajstić information content (AvgIpc) is 2.85. The normalized spacial score (nSPS) is 7.25. The first-order valence-corrected chi connectivity index (χ1v) is 21.8. The van der Waals surface area contributed by atoms with Crippen molar-refractivity contribution in [3.05, 3.63) is 89.8 Å². The predicted octanol–water partition coefficient (Wildman–Crippen LogP) is 8.33. The van der Waals surface area contributed by atoms with Crippen LogP contribution in [0.2, 0.25) is 0 Å². The maximum Gasteiger partial charge on any atom is -0.693 e. The van der Waals surface area contributed by atoms with Gasteiger partial charge in [-0.2, -0.15) is 0 Å². The Hall–Kier alpha value is -2.71. The number of nitriles is 1. The van der Waals surface area contributed by atoms with Crippen molar-refractivity contribution in [1.29, 1.82) is 5.26 Å². The zero-order valence-corrected chi connectivity index (χ0v) is 33.4. The second-order valence-electron chi connectivity index (χ2n) is 6.74. The number of hydrogen-bond acceptors (Lipinski definition) is 8. The summed E-state index contributed by atoms with van der Waals surface area (Å²) in [5.74, 6) is -2.93. The molecule has 17 nitrogen and oxygen atoms in total. The maximum absolute atomic E-state index is 10.9. The monoisotopic (exact) mass is 1130 g/mol. The summed E-state index contributed by atoms with van der Waals surface area (Å²) in [6.07, 6.45) is 1.55. The van der Waals surface area contributed by atoms with Crippen LogP contribution < -0.4 is 4.74 Å². The van der Waals surface area contributed by atoms with E-state index in [-0.39, 0.29) is 48.1 Å². The number of aliphatic carboxylic acids is 4. The molecule has 2 aromatic rings. The number of Topliss-reactive ketones (excluding diaryl/α,β-unsaturated/α-hetero) is 2. The van der Waals surface area contributed by atoms with Crippen molar-refractivity contribution in [2.45, 2.75) is 41.0 Å². The van der Waals surface area contributed by atoms with E-state index in [1.165, 1.54) is 13.8 Å². The summed E-state index contributed by atoms with van der Waals surface area (Å²) in [7, 11) is 19.5. The van der Waals surface area contributed by atoms with Gasteiger partial charge in [-0.1, -0.05) is 24.3 Å². The van der Waals surface area contributed by atoms with E-state index in [0.29, 0.717) is 22.4 Å². The van der Waals surface area contributed by atoms with E-state index in [4.69, 9.17) is 77.7 Å². The van der Waals surface area contributed by atoms with Gasteiger partial charge in [-0.15, -0.1) is 5.26 Å². The van der Waals surface area contributed by atoms with Crippen LogP contribution in [-0.2, 0) is 58.6 Å². The number of nitrogens with two attached hydrogens (primary N) is 4. The fourth-order valence-corrected chi connectivity index (χ4v) is 1.84. The van der Waals surface area contributed by atoms with Gasteiger partial charge in [-0.05, 0) is 43.7 Å². The summed E-state index contributed by atoms with van der Waals surface area (Å²) in [6, 6.07) is 13.0. The fraction of sp³-hybridized carbons (Fsp3) is 0.240. The third-order valence-electron chi connectivity index (χ3n) is 3.14. The van der Waals surface area contributed by atoms with Crippen LogP contribution in [0.25, 0.3) is 24.6 Å². The first kappa shape index (κ1) is 71.3. The van der Waals surface area contributed by atoms with Crippen molar-refractivity contribution in [3.63, 3.8) is 0 Å². The molecule has 0 aliphatic rings. The van der Waals surface area contributed by atoms with Crippen LogP contribution in [0, 0.1) is 11.5 Å². The summed E-state index contributed by atoms with van der Waals surface area (Å²) in [4.78, 5) is 59.0. The van der Waals surface area contributed by atoms with Crippen LogP contribution in [0.5, 0.6) is 5.75 Å². The van der Waals surface area contributed by atoms with Gasteiger partial charge in [0.25, 0.3) is 24.2 Å². The van der Waals surface area contributed by atoms with E-state index in [9.17, 15) is 14.4 Å². The molecule has 0 spiro atoms. The van der Waals surface area contributed by atoms with Crippen molar-refractivity contribution >= 4 is 73.1 Å². The molecule has 0 saturated carbocycles. The molecule has 284 valence electrons. The number of carboxylic acids is 4. The van der Waals surface area contributed by atoms with E-state index in [1.807, 2.05) is 0 Å². The Kier molecular flexibility index (Phi) is 76.0. The summed E-state index contributed by atoms with van der Waals surface area (Å²) >= 11 is -0.944. The molecule has 14 N–H and O–H groups in total. The van der Waals surface area contributed by atoms with Crippen LogP contribution >= 0.6 is 37.7 Å². The molecule has 0 atom stereocenters. The number of carbonyl (C=O) groups excluding carboxylic acids is 2. The topological polar surface area (TPSA) is 382 Å². The van der Waals surface area contributed by atoms with Crippen molar-refractivity contribution in [2.24, 2.45) is 0 Å². The third kappa shape index (κ3) is 74.3. The van der Waals surface area contributed by atoms with Gasteiger partial charge in [0.05, 0.1) is 6.42 Å². The molecule has 23 heteroatoms.